The van der Waals surface area contributed by atoms with Crippen LogP contribution in [-0.2, 0) is 16.6 Å². The molecule has 0 saturated heterocycles. The molecular weight excluding hydrogens is 310 g/mol. The lowest BCUT2D eigenvalue weighted by molar-refractivity contribution is 0.466. The van der Waals surface area contributed by atoms with Crippen LogP contribution < -0.4 is 0 Å². The molecule has 0 aliphatic heterocycles. The largest absolute Gasteiger partial charge is 0.244 e. The van der Waals surface area contributed by atoms with Crippen molar-refractivity contribution in [1.29, 1.82) is 5.26 Å². The molecule has 0 bridgehead atoms. The number of sulfonamides is 1. The van der Waals surface area contributed by atoms with Crippen molar-refractivity contribution in [3.05, 3.63) is 58.9 Å². The number of benzene rings is 1. The van der Waals surface area contributed by atoms with Gasteiger partial charge < -0.3 is 0 Å². The molecule has 2 rings (SSSR count). The lowest BCUT2D eigenvalue weighted by atomic mass is 10.2. The summed E-state index contributed by atoms with van der Waals surface area (Å²) in [5.74, 6) is 0. The number of hydrogen-bond donors (Lipinski definition) is 0. The summed E-state index contributed by atoms with van der Waals surface area (Å²) in [6, 6.07) is 11.6. The van der Waals surface area contributed by atoms with Crippen LogP contribution in [-0.4, -0.2) is 24.8 Å². The highest BCUT2D eigenvalue weighted by molar-refractivity contribution is 7.89. The van der Waals surface area contributed by atoms with Gasteiger partial charge in [0.25, 0.3) is 0 Å². The monoisotopic (exact) mass is 321 g/mol. The molecule has 0 unspecified atom stereocenters. The molecule has 1 aromatic carbocycles. The average Bonchev–Trinajstić information content (AvgIpc) is 2.49. The Balaban J connectivity index is 2.26. The van der Waals surface area contributed by atoms with Crippen LogP contribution in [0.25, 0.3) is 0 Å². The average molecular weight is 322 g/mol. The lowest BCUT2D eigenvalue weighted by Crippen LogP contribution is -2.26. The van der Waals surface area contributed by atoms with E-state index in [1.54, 1.807) is 24.3 Å². The van der Waals surface area contributed by atoms with Crippen LogP contribution in [0.5, 0.6) is 0 Å². The van der Waals surface area contributed by atoms with Crippen LogP contribution in [0, 0.1) is 11.3 Å². The molecule has 0 aliphatic rings. The molecule has 0 atom stereocenters. The predicted molar refractivity (Wildman–Crippen MR) is 79.1 cm³/mol. The second-order valence-electron chi connectivity index (χ2n) is 4.34. The van der Waals surface area contributed by atoms with Crippen molar-refractivity contribution in [2.75, 3.05) is 7.05 Å². The Kier molecular flexibility index (Phi) is 4.58. The smallest absolute Gasteiger partial charge is 0.244 e. The van der Waals surface area contributed by atoms with Gasteiger partial charge in [-0.25, -0.2) is 13.4 Å². The second kappa shape index (κ2) is 6.22. The van der Waals surface area contributed by atoms with Gasteiger partial charge in [-0.3, -0.25) is 0 Å². The molecule has 2 aromatic rings. The summed E-state index contributed by atoms with van der Waals surface area (Å²) >= 11 is 6.03. The van der Waals surface area contributed by atoms with Crippen molar-refractivity contribution in [1.82, 2.24) is 9.29 Å². The van der Waals surface area contributed by atoms with E-state index in [9.17, 15) is 8.42 Å². The molecule has 0 saturated carbocycles. The van der Waals surface area contributed by atoms with Crippen molar-refractivity contribution in [3.63, 3.8) is 0 Å². The van der Waals surface area contributed by atoms with Crippen molar-refractivity contribution in [3.8, 4) is 6.07 Å². The van der Waals surface area contributed by atoms with Crippen molar-refractivity contribution < 1.29 is 8.42 Å². The zero-order chi connectivity index (χ0) is 15.5. The number of pyridine rings is 1. The molecule has 21 heavy (non-hydrogen) atoms. The van der Waals surface area contributed by atoms with Gasteiger partial charge >= 0.3 is 0 Å². The number of rotatable bonds is 4. The molecule has 0 amide bonds. The third-order valence-corrected chi connectivity index (χ3v) is 5.07. The van der Waals surface area contributed by atoms with Crippen LogP contribution in [0.1, 0.15) is 11.3 Å². The minimum atomic E-state index is -3.68. The first-order chi connectivity index (χ1) is 9.95. The van der Waals surface area contributed by atoms with E-state index in [0.29, 0.717) is 10.6 Å². The van der Waals surface area contributed by atoms with E-state index in [1.807, 2.05) is 6.07 Å². The van der Waals surface area contributed by atoms with Crippen LogP contribution in [0.2, 0.25) is 5.02 Å². The minimum absolute atomic E-state index is 0.0380. The summed E-state index contributed by atoms with van der Waals surface area (Å²) in [6.07, 6.45) is 1.18. The molecule has 0 spiro atoms. The van der Waals surface area contributed by atoms with Crippen molar-refractivity contribution >= 4 is 21.6 Å². The molecule has 1 heterocycles. The molecule has 0 radical (unpaired) electrons. The first kappa shape index (κ1) is 15.4. The van der Waals surface area contributed by atoms with Crippen molar-refractivity contribution in [2.24, 2.45) is 0 Å². The normalized spacial score (nSPS) is 11.3. The molecule has 1 aromatic heterocycles. The highest BCUT2D eigenvalue weighted by Gasteiger charge is 2.21. The summed E-state index contributed by atoms with van der Waals surface area (Å²) in [5.41, 5.74) is 0.884. The van der Waals surface area contributed by atoms with Gasteiger partial charge in [0.1, 0.15) is 16.7 Å². The van der Waals surface area contributed by atoms with E-state index in [2.05, 4.69) is 4.98 Å². The zero-order valence-corrected chi connectivity index (χ0v) is 12.8. The zero-order valence-electron chi connectivity index (χ0n) is 11.2. The van der Waals surface area contributed by atoms with Crippen LogP contribution in [0.3, 0.4) is 0 Å². The fourth-order valence-electron chi connectivity index (χ4n) is 1.73. The van der Waals surface area contributed by atoms with Gasteiger partial charge in [0.15, 0.2) is 0 Å². The lowest BCUT2D eigenvalue weighted by Gasteiger charge is -2.17. The van der Waals surface area contributed by atoms with E-state index in [0.717, 1.165) is 0 Å². The van der Waals surface area contributed by atoms with Gasteiger partial charge in [-0.05, 0) is 23.8 Å². The second-order valence-corrected chi connectivity index (χ2v) is 6.80. The molecule has 5 nitrogen and oxygen atoms in total. The number of nitriles is 1. The summed E-state index contributed by atoms with van der Waals surface area (Å²) in [7, 11) is -2.21. The standard InChI is InChI=1S/C14H12ClN3O2S/c1-18(10-11-4-2-3-5-14(11)15)21(19,20)13-7-6-12(8-16)17-9-13/h2-7,9H,10H2,1H3. The Morgan fingerprint density at radius 1 is 1.29 bits per heavy atom. The Bertz CT molecular complexity index is 783. The number of hydrogen-bond acceptors (Lipinski definition) is 4. The van der Waals surface area contributed by atoms with Gasteiger partial charge in [-0.2, -0.15) is 9.57 Å². The van der Waals surface area contributed by atoms with E-state index in [1.165, 1.54) is 29.7 Å². The fraction of sp³-hybridized carbons (Fsp3) is 0.143. The maximum atomic E-state index is 12.4. The maximum Gasteiger partial charge on any atom is 0.244 e. The number of nitrogens with zero attached hydrogens (tertiary/aromatic N) is 3. The molecule has 0 N–H and O–H groups in total. The molecule has 108 valence electrons. The molecule has 0 fully saturated rings. The third-order valence-electron chi connectivity index (χ3n) is 2.91. The van der Waals surface area contributed by atoms with E-state index >= 15 is 0 Å². The summed E-state index contributed by atoms with van der Waals surface area (Å²) < 4.78 is 26.0. The fourth-order valence-corrected chi connectivity index (χ4v) is 3.02. The summed E-state index contributed by atoms with van der Waals surface area (Å²) in [6.45, 7) is 0.155. The van der Waals surface area contributed by atoms with E-state index in [-0.39, 0.29) is 17.1 Å². The van der Waals surface area contributed by atoms with Gasteiger partial charge in [-0.1, -0.05) is 29.8 Å². The highest BCUT2D eigenvalue weighted by Crippen LogP contribution is 2.20. The third kappa shape index (κ3) is 3.39. The SMILES string of the molecule is CN(Cc1ccccc1Cl)S(=O)(=O)c1ccc(C#N)nc1. The topological polar surface area (TPSA) is 74.1 Å². The Labute approximate surface area is 128 Å². The van der Waals surface area contributed by atoms with Gasteiger partial charge in [0.05, 0.1) is 0 Å². The first-order valence-corrected chi connectivity index (χ1v) is 7.83. The first-order valence-electron chi connectivity index (χ1n) is 6.01. The van der Waals surface area contributed by atoms with E-state index < -0.39 is 10.0 Å². The van der Waals surface area contributed by atoms with Crippen LogP contribution in [0.4, 0.5) is 0 Å². The Morgan fingerprint density at radius 2 is 2.00 bits per heavy atom. The summed E-state index contributed by atoms with van der Waals surface area (Å²) in [5, 5.41) is 9.19. The molecule has 7 heteroatoms. The minimum Gasteiger partial charge on any atom is -0.244 e. The molecular formula is C14H12ClN3O2S. The van der Waals surface area contributed by atoms with Gasteiger partial charge in [0, 0.05) is 24.8 Å². The van der Waals surface area contributed by atoms with Gasteiger partial charge in [-0.15, -0.1) is 0 Å². The van der Waals surface area contributed by atoms with Crippen molar-refractivity contribution in [2.45, 2.75) is 11.4 Å². The maximum absolute atomic E-state index is 12.4. The predicted octanol–water partition coefficient (Wildman–Crippen LogP) is 2.43. The summed E-state index contributed by atoms with van der Waals surface area (Å²) in [4.78, 5) is 3.82. The number of halogens is 1. The van der Waals surface area contributed by atoms with Crippen LogP contribution >= 0.6 is 11.6 Å². The quantitative estimate of drug-likeness (QED) is 0.866. The van der Waals surface area contributed by atoms with Gasteiger partial charge in [0.2, 0.25) is 10.0 Å². The highest BCUT2D eigenvalue weighted by atomic mass is 35.5. The Hall–Kier alpha value is -1.94. The Morgan fingerprint density at radius 3 is 2.57 bits per heavy atom. The molecule has 0 aliphatic carbocycles. The van der Waals surface area contributed by atoms with Crippen LogP contribution in [0.15, 0.2) is 47.5 Å². The van der Waals surface area contributed by atoms with E-state index in [4.69, 9.17) is 16.9 Å². The number of aromatic nitrogens is 1.